The predicted molar refractivity (Wildman–Crippen MR) is 52.5 cm³/mol. The summed E-state index contributed by atoms with van der Waals surface area (Å²) in [6.07, 6.45) is -2.82. The van der Waals surface area contributed by atoms with Gasteiger partial charge in [-0.15, -0.1) is 0 Å². The van der Waals surface area contributed by atoms with Gasteiger partial charge in [-0.25, -0.2) is 13.2 Å². The summed E-state index contributed by atoms with van der Waals surface area (Å²) in [4.78, 5) is 11.2. The lowest BCUT2D eigenvalue weighted by molar-refractivity contribution is 0.101. The van der Waals surface area contributed by atoms with E-state index in [0.717, 1.165) is 6.07 Å². The van der Waals surface area contributed by atoms with Crippen molar-refractivity contribution in [2.75, 3.05) is 6.61 Å². The second-order valence-corrected chi connectivity index (χ2v) is 3.17. The highest BCUT2D eigenvalue weighted by atomic mass is 19.3. The number of ether oxygens (including phenoxy) is 1. The maximum absolute atomic E-state index is 13.4. The van der Waals surface area contributed by atoms with Crippen LogP contribution >= 0.6 is 0 Å². The van der Waals surface area contributed by atoms with Crippen LogP contribution < -0.4 is 4.74 Å². The molecule has 0 aliphatic carbocycles. The van der Waals surface area contributed by atoms with Crippen molar-refractivity contribution in [2.24, 2.45) is 0 Å². The molecule has 0 aromatic heterocycles. The number of Topliss-reactive ketones (excluding diaryl/α,β-unsaturated/α-hetero) is 1. The molecule has 0 saturated carbocycles. The third kappa shape index (κ3) is 2.53. The van der Waals surface area contributed by atoms with Crippen molar-refractivity contribution < 1.29 is 22.7 Å². The molecule has 1 rings (SSSR count). The Labute approximate surface area is 91.0 Å². The fraction of sp³-hybridized carbons (Fsp3) is 0.364. The van der Waals surface area contributed by atoms with Gasteiger partial charge in [0.15, 0.2) is 17.3 Å². The zero-order valence-electron chi connectivity index (χ0n) is 8.89. The van der Waals surface area contributed by atoms with Crippen LogP contribution in [0.4, 0.5) is 13.2 Å². The zero-order valence-corrected chi connectivity index (χ0v) is 8.89. The molecular weight excluding hydrogens is 221 g/mol. The van der Waals surface area contributed by atoms with Crippen LogP contribution in [-0.4, -0.2) is 12.4 Å². The summed E-state index contributed by atoms with van der Waals surface area (Å²) in [6.45, 7) is 2.95. The van der Waals surface area contributed by atoms with Gasteiger partial charge in [0.1, 0.15) is 0 Å². The number of halogens is 3. The minimum absolute atomic E-state index is 0.155. The van der Waals surface area contributed by atoms with Crippen LogP contribution in [0.1, 0.15) is 36.2 Å². The quantitative estimate of drug-likeness (QED) is 0.744. The van der Waals surface area contributed by atoms with Gasteiger partial charge >= 0.3 is 0 Å². The minimum Gasteiger partial charge on any atom is -0.490 e. The first-order valence-corrected chi connectivity index (χ1v) is 4.72. The molecule has 1 aromatic rings. The summed E-state index contributed by atoms with van der Waals surface area (Å²) in [7, 11) is 0. The summed E-state index contributed by atoms with van der Waals surface area (Å²) in [5.74, 6) is -1.71. The minimum atomic E-state index is -2.82. The molecule has 0 saturated heterocycles. The van der Waals surface area contributed by atoms with Crippen molar-refractivity contribution in [1.82, 2.24) is 0 Å². The molecule has 0 atom stereocenters. The first kappa shape index (κ1) is 12.5. The summed E-state index contributed by atoms with van der Waals surface area (Å²) >= 11 is 0. The molecule has 0 fully saturated rings. The van der Waals surface area contributed by atoms with Crippen molar-refractivity contribution in [2.45, 2.75) is 20.3 Å². The summed E-state index contributed by atoms with van der Waals surface area (Å²) in [5, 5.41) is 0. The Morgan fingerprint density at radius 3 is 2.50 bits per heavy atom. The van der Waals surface area contributed by atoms with Crippen molar-refractivity contribution in [3.63, 3.8) is 0 Å². The molecule has 0 bridgehead atoms. The molecular formula is C11H11F3O2. The lowest BCUT2D eigenvalue weighted by atomic mass is 10.1. The average Bonchev–Trinajstić information content (AvgIpc) is 2.20. The molecule has 0 heterocycles. The first-order chi connectivity index (χ1) is 7.47. The number of hydrogen-bond donors (Lipinski definition) is 0. The highest BCUT2D eigenvalue weighted by Crippen LogP contribution is 2.29. The van der Waals surface area contributed by atoms with Crippen molar-refractivity contribution >= 4 is 5.78 Å². The highest BCUT2D eigenvalue weighted by molar-refractivity contribution is 5.97. The number of ketones is 1. The number of carbonyl (C=O) groups excluding carboxylic acids is 1. The second-order valence-electron chi connectivity index (χ2n) is 3.17. The predicted octanol–water partition coefficient (Wildman–Crippen LogP) is 3.36. The molecule has 88 valence electrons. The van der Waals surface area contributed by atoms with Gasteiger partial charge in [-0.1, -0.05) is 0 Å². The van der Waals surface area contributed by atoms with E-state index < -0.39 is 23.6 Å². The van der Waals surface area contributed by atoms with E-state index >= 15 is 0 Å². The van der Waals surface area contributed by atoms with Crippen LogP contribution in [0.5, 0.6) is 5.75 Å². The molecule has 5 heteroatoms. The largest absolute Gasteiger partial charge is 0.490 e. The van der Waals surface area contributed by atoms with Gasteiger partial charge in [0, 0.05) is 5.56 Å². The molecule has 0 radical (unpaired) electrons. The third-order valence-electron chi connectivity index (χ3n) is 1.99. The molecule has 0 N–H and O–H groups in total. The number of hydrogen-bond acceptors (Lipinski definition) is 2. The summed E-state index contributed by atoms with van der Waals surface area (Å²) < 4.78 is 43.1. The second kappa shape index (κ2) is 5.01. The van der Waals surface area contributed by atoms with Crippen LogP contribution in [0.25, 0.3) is 0 Å². The Morgan fingerprint density at radius 2 is 2.06 bits per heavy atom. The highest BCUT2D eigenvalue weighted by Gasteiger charge is 2.19. The standard InChI is InChI=1S/C11H11F3O2/c1-3-16-10-8(6(2)15)4-7(11(13)14)5-9(10)12/h4-5,11H,3H2,1-2H3. The van der Waals surface area contributed by atoms with E-state index in [9.17, 15) is 18.0 Å². The maximum Gasteiger partial charge on any atom is 0.263 e. The molecule has 1 aromatic carbocycles. The Morgan fingerprint density at radius 1 is 1.44 bits per heavy atom. The van der Waals surface area contributed by atoms with E-state index in [1.165, 1.54) is 6.92 Å². The number of rotatable bonds is 4. The number of carbonyl (C=O) groups is 1. The number of benzene rings is 1. The molecule has 0 aliphatic rings. The van der Waals surface area contributed by atoms with Gasteiger partial charge in [0.05, 0.1) is 12.2 Å². The summed E-state index contributed by atoms with van der Waals surface area (Å²) in [5.41, 5.74) is -0.677. The lowest BCUT2D eigenvalue weighted by Gasteiger charge is -2.11. The van der Waals surface area contributed by atoms with Crippen LogP contribution in [0.15, 0.2) is 12.1 Å². The van der Waals surface area contributed by atoms with E-state index in [2.05, 4.69) is 0 Å². The molecule has 0 aliphatic heterocycles. The van der Waals surface area contributed by atoms with E-state index in [1.807, 2.05) is 0 Å². The zero-order chi connectivity index (χ0) is 12.3. The van der Waals surface area contributed by atoms with Gasteiger partial charge in [0.2, 0.25) is 0 Å². The smallest absolute Gasteiger partial charge is 0.263 e. The van der Waals surface area contributed by atoms with Gasteiger partial charge in [0.25, 0.3) is 6.43 Å². The molecule has 16 heavy (non-hydrogen) atoms. The van der Waals surface area contributed by atoms with Crippen LogP contribution in [-0.2, 0) is 0 Å². The average molecular weight is 232 g/mol. The first-order valence-electron chi connectivity index (χ1n) is 4.72. The van der Waals surface area contributed by atoms with Gasteiger partial charge in [-0.2, -0.15) is 0 Å². The van der Waals surface area contributed by atoms with E-state index in [0.29, 0.717) is 6.07 Å². The summed E-state index contributed by atoms with van der Waals surface area (Å²) in [6, 6.07) is 1.64. The van der Waals surface area contributed by atoms with E-state index in [1.54, 1.807) is 6.92 Å². The lowest BCUT2D eigenvalue weighted by Crippen LogP contribution is -2.05. The monoisotopic (exact) mass is 232 g/mol. The van der Waals surface area contributed by atoms with E-state index in [4.69, 9.17) is 4.74 Å². The Balaban J connectivity index is 3.33. The van der Waals surface area contributed by atoms with Crippen molar-refractivity contribution in [3.8, 4) is 5.75 Å². The maximum atomic E-state index is 13.4. The fourth-order valence-corrected chi connectivity index (χ4v) is 1.29. The van der Waals surface area contributed by atoms with Gasteiger partial charge < -0.3 is 4.74 Å². The Bertz CT molecular complexity index is 402. The van der Waals surface area contributed by atoms with Gasteiger partial charge in [-0.3, -0.25) is 4.79 Å². The van der Waals surface area contributed by atoms with Crippen molar-refractivity contribution in [1.29, 1.82) is 0 Å². The SMILES string of the molecule is CCOc1c(F)cc(C(F)F)cc1C(C)=O. The Kier molecular flexibility index (Phi) is 3.93. The molecule has 2 nitrogen and oxygen atoms in total. The van der Waals surface area contributed by atoms with Crippen LogP contribution in [0.2, 0.25) is 0 Å². The van der Waals surface area contributed by atoms with Crippen LogP contribution in [0, 0.1) is 5.82 Å². The van der Waals surface area contributed by atoms with Crippen molar-refractivity contribution in [3.05, 3.63) is 29.1 Å². The Hall–Kier alpha value is -1.52. The molecule has 0 amide bonds. The van der Waals surface area contributed by atoms with Gasteiger partial charge in [-0.05, 0) is 26.0 Å². The van der Waals surface area contributed by atoms with Crippen LogP contribution in [0.3, 0.4) is 0 Å². The van der Waals surface area contributed by atoms with E-state index in [-0.39, 0.29) is 17.9 Å². The normalized spacial score (nSPS) is 10.6. The third-order valence-corrected chi connectivity index (χ3v) is 1.99. The fourth-order valence-electron chi connectivity index (χ4n) is 1.29. The topological polar surface area (TPSA) is 26.3 Å². The molecule has 0 spiro atoms. The number of alkyl halides is 2. The molecule has 0 unspecified atom stereocenters.